The van der Waals surface area contributed by atoms with Crippen LogP contribution in [0.2, 0.25) is 0 Å². The number of benzene rings is 1. The van der Waals surface area contributed by atoms with Crippen molar-refractivity contribution in [2.75, 3.05) is 13.1 Å². The molecule has 102 valence electrons. The van der Waals surface area contributed by atoms with Gasteiger partial charge in [0.2, 0.25) is 5.91 Å². The second-order valence-electron chi connectivity index (χ2n) is 5.91. The molecule has 1 atom stereocenters. The molecule has 1 aliphatic carbocycles. The monoisotopic (exact) mass is 258 g/mol. The van der Waals surface area contributed by atoms with E-state index in [1.54, 1.807) is 6.92 Å². The molecule has 0 saturated carbocycles. The Hall–Kier alpha value is -1.35. The molecule has 2 N–H and O–H groups in total. The van der Waals surface area contributed by atoms with E-state index in [-0.39, 0.29) is 11.9 Å². The van der Waals surface area contributed by atoms with E-state index in [9.17, 15) is 4.79 Å². The molecule has 3 rings (SSSR count). The van der Waals surface area contributed by atoms with Gasteiger partial charge >= 0.3 is 0 Å². The Morgan fingerprint density at radius 2 is 2.00 bits per heavy atom. The summed E-state index contributed by atoms with van der Waals surface area (Å²) in [5, 5.41) is 6.57. The van der Waals surface area contributed by atoms with E-state index in [1.165, 1.54) is 30.4 Å². The average molecular weight is 258 g/mol. The molecule has 1 aliphatic heterocycles. The molecule has 0 bridgehead atoms. The number of carbonyl (C=O) groups is 1. The van der Waals surface area contributed by atoms with Gasteiger partial charge in [-0.05, 0) is 55.3 Å². The average Bonchev–Trinajstić information content (AvgIpc) is 2.43. The van der Waals surface area contributed by atoms with Gasteiger partial charge in [0.1, 0.15) is 0 Å². The highest BCUT2D eigenvalue weighted by Crippen LogP contribution is 2.46. The van der Waals surface area contributed by atoms with Gasteiger partial charge in [0.05, 0.1) is 6.04 Å². The van der Waals surface area contributed by atoms with Gasteiger partial charge in [0.15, 0.2) is 0 Å². The van der Waals surface area contributed by atoms with Crippen LogP contribution < -0.4 is 10.6 Å². The Labute approximate surface area is 114 Å². The number of hydrogen-bond donors (Lipinski definition) is 2. The molecule has 0 radical (unpaired) electrons. The predicted molar refractivity (Wildman–Crippen MR) is 76.0 cm³/mol. The molecule has 1 saturated heterocycles. The van der Waals surface area contributed by atoms with E-state index < -0.39 is 0 Å². The number of rotatable bonds is 1. The number of piperidine rings is 1. The Kier molecular flexibility index (Phi) is 3.31. The maximum atomic E-state index is 11.4. The number of carbonyl (C=O) groups excluding carboxylic acids is 1. The van der Waals surface area contributed by atoms with Gasteiger partial charge in [0.25, 0.3) is 0 Å². The summed E-state index contributed by atoms with van der Waals surface area (Å²) in [7, 11) is 0. The molecule has 2 aliphatic rings. The van der Waals surface area contributed by atoms with Crippen LogP contribution in [0.15, 0.2) is 24.3 Å². The lowest BCUT2D eigenvalue weighted by molar-refractivity contribution is -0.119. The molecular formula is C16H22N2O. The zero-order valence-corrected chi connectivity index (χ0v) is 11.5. The highest BCUT2D eigenvalue weighted by atomic mass is 16.1. The molecule has 3 heteroatoms. The van der Waals surface area contributed by atoms with Crippen LogP contribution in [-0.2, 0) is 10.2 Å². The number of fused-ring (bicyclic) bond motifs is 2. The molecule has 0 unspecified atom stereocenters. The molecule has 1 aromatic carbocycles. The molecular weight excluding hydrogens is 236 g/mol. The van der Waals surface area contributed by atoms with E-state index in [4.69, 9.17) is 0 Å². The van der Waals surface area contributed by atoms with Crippen LogP contribution in [0.1, 0.15) is 49.8 Å². The summed E-state index contributed by atoms with van der Waals surface area (Å²) in [6, 6.07) is 8.90. The van der Waals surface area contributed by atoms with Gasteiger partial charge in [-0.3, -0.25) is 4.79 Å². The van der Waals surface area contributed by atoms with Gasteiger partial charge in [-0.1, -0.05) is 24.3 Å². The molecule has 1 aromatic rings. The topological polar surface area (TPSA) is 41.1 Å². The molecule has 1 heterocycles. The van der Waals surface area contributed by atoms with Crippen LogP contribution in [0.25, 0.3) is 0 Å². The number of nitrogens with one attached hydrogen (secondary N) is 2. The fourth-order valence-corrected chi connectivity index (χ4v) is 3.81. The smallest absolute Gasteiger partial charge is 0.217 e. The van der Waals surface area contributed by atoms with Crippen molar-refractivity contribution in [2.45, 2.75) is 44.1 Å². The second kappa shape index (κ2) is 4.97. The maximum absolute atomic E-state index is 11.4. The maximum Gasteiger partial charge on any atom is 0.217 e. The lowest BCUT2D eigenvalue weighted by Crippen LogP contribution is -2.44. The SMILES string of the molecule is CC(=O)N[C@H]1CCC2(CCNCC2)c2ccccc21. The van der Waals surface area contributed by atoms with Crippen molar-refractivity contribution in [2.24, 2.45) is 0 Å². The van der Waals surface area contributed by atoms with Crippen LogP contribution in [0.5, 0.6) is 0 Å². The summed E-state index contributed by atoms with van der Waals surface area (Å²) < 4.78 is 0. The third-order valence-electron chi connectivity index (χ3n) is 4.76. The second-order valence-corrected chi connectivity index (χ2v) is 5.91. The van der Waals surface area contributed by atoms with E-state index in [1.807, 2.05) is 0 Å². The van der Waals surface area contributed by atoms with Crippen molar-refractivity contribution >= 4 is 5.91 Å². The minimum absolute atomic E-state index is 0.0704. The summed E-state index contributed by atoms with van der Waals surface area (Å²) >= 11 is 0. The predicted octanol–water partition coefficient (Wildman–Crippen LogP) is 2.28. The largest absolute Gasteiger partial charge is 0.350 e. The molecule has 0 aromatic heterocycles. The quantitative estimate of drug-likeness (QED) is 0.811. The van der Waals surface area contributed by atoms with Crippen LogP contribution in [0.4, 0.5) is 0 Å². The zero-order valence-electron chi connectivity index (χ0n) is 11.5. The first-order valence-corrected chi connectivity index (χ1v) is 7.28. The fourth-order valence-electron chi connectivity index (χ4n) is 3.81. The lowest BCUT2D eigenvalue weighted by atomic mass is 9.64. The first kappa shape index (κ1) is 12.7. The van der Waals surface area contributed by atoms with E-state index in [0.29, 0.717) is 5.41 Å². The van der Waals surface area contributed by atoms with Crippen molar-refractivity contribution in [1.29, 1.82) is 0 Å². The summed E-state index contributed by atoms with van der Waals surface area (Å²) in [4.78, 5) is 11.4. The fraction of sp³-hybridized carbons (Fsp3) is 0.562. The Balaban J connectivity index is 1.97. The third kappa shape index (κ3) is 2.27. The third-order valence-corrected chi connectivity index (χ3v) is 4.76. The summed E-state index contributed by atoms with van der Waals surface area (Å²) in [5.74, 6) is 0.0704. The van der Waals surface area contributed by atoms with Gasteiger partial charge in [0, 0.05) is 6.92 Å². The lowest BCUT2D eigenvalue weighted by Gasteiger charge is -2.44. The highest BCUT2D eigenvalue weighted by Gasteiger charge is 2.40. The summed E-state index contributed by atoms with van der Waals surface area (Å²) in [5.41, 5.74) is 3.16. The minimum Gasteiger partial charge on any atom is -0.350 e. The number of hydrogen-bond acceptors (Lipinski definition) is 2. The molecule has 19 heavy (non-hydrogen) atoms. The highest BCUT2D eigenvalue weighted by molar-refractivity contribution is 5.73. The Morgan fingerprint density at radius 1 is 1.26 bits per heavy atom. The van der Waals surface area contributed by atoms with E-state index >= 15 is 0 Å². The first-order chi connectivity index (χ1) is 9.21. The first-order valence-electron chi connectivity index (χ1n) is 7.28. The summed E-state index contributed by atoms with van der Waals surface area (Å²) in [6.45, 7) is 3.83. The molecule has 3 nitrogen and oxygen atoms in total. The molecule has 1 amide bonds. The van der Waals surface area contributed by atoms with Crippen molar-refractivity contribution in [3.63, 3.8) is 0 Å². The van der Waals surface area contributed by atoms with Crippen LogP contribution >= 0.6 is 0 Å². The Bertz CT molecular complexity index is 477. The van der Waals surface area contributed by atoms with Crippen molar-refractivity contribution in [3.8, 4) is 0 Å². The molecule has 1 fully saturated rings. The van der Waals surface area contributed by atoms with Crippen LogP contribution in [0, 0.1) is 0 Å². The standard InChI is InChI=1S/C16H22N2O/c1-12(19)18-15-6-7-16(8-10-17-11-9-16)14-5-3-2-4-13(14)15/h2-5,15,17H,6-11H2,1H3,(H,18,19)/t15-/m0/s1. The summed E-state index contributed by atoms with van der Waals surface area (Å²) in [6.07, 6.45) is 4.70. The van der Waals surface area contributed by atoms with Crippen molar-refractivity contribution in [1.82, 2.24) is 10.6 Å². The van der Waals surface area contributed by atoms with E-state index in [0.717, 1.165) is 19.5 Å². The van der Waals surface area contributed by atoms with Crippen LogP contribution in [0.3, 0.4) is 0 Å². The van der Waals surface area contributed by atoms with Gasteiger partial charge in [-0.2, -0.15) is 0 Å². The number of amides is 1. The van der Waals surface area contributed by atoms with Gasteiger partial charge in [-0.25, -0.2) is 0 Å². The van der Waals surface area contributed by atoms with Gasteiger partial charge < -0.3 is 10.6 Å². The van der Waals surface area contributed by atoms with E-state index in [2.05, 4.69) is 34.9 Å². The van der Waals surface area contributed by atoms with Gasteiger partial charge in [-0.15, -0.1) is 0 Å². The van der Waals surface area contributed by atoms with Crippen LogP contribution in [-0.4, -0.2) is 19.0 Å². The minimum atomic E-state index is 0.0704. The van der Waals surface area contributed by atoms with Crippen molar-refractivity contribution < 1.29 is 4.79 Å². The Morgan fingerprint density at radius 3 is 2.74 bits per heavy atom. The molecule has 1 spiro atoms. The van der Waals surface area contributed by atoms with Crippen molar-refractivity contribution in [3.05, 3.63) is 35.4 Å². The normalized spacial score (nSPS) is 24.8. The zero-order chi connectivity index (χ0) is 13.3.